The van der Waals surface area contributed by atoms with Crippen LogP contribution >= 0.6 is 0 Å². The number of ether oxygens (including phenoxy) is 2. The lowest BCUT2D eigenvalue weighted by Gasteiger charge is -2.25. The minimum atomic E-state index is -0.543. The van der Waals surface area contributed by atoms with Gasteiger partial charge in [-0.1, -0.05) is 30.3 Å². The highest BCUT2D eigenvalue weighted by Gasteiger charge is 2.51. The van der Waals surface area contributed by atoms with Gasteiger partial charge in [0.2, 0.25) is 5.91 Å². The molecule has 0 radical (unpaired) electrons. The number of carbonyl (C=O) groups excluding carboxylic acids is 2. The second-order valence-corrected chi connectivity index (χ2v) is 8.13. The first-order chi connectivity index (χ1) is 14.4. The molecule has 0 saturated carbocycles. The number of benzene rings is 2. The van der Waals surface area contributed by atoms with E-state index in [2.05, 4.69) is 5.32 Å². The Labute approximate surface area is 176 Å². The molecule has 1 saturated heterocycles. The molecule has 0 unspecified atom stereocenters. The number of urea groups is 1. The van der Waals surface area contributed by atoms with Crippen molar-refractivity contribution < 1.29 is 19.1 Å². The van der Waals surface area contributed by atoms with Crippen LogP contribution in [0.5, 0.6) is 5.75 Å². The number of nitrogens with one attached hydrogen (secondary N) is 1. The topological polar surface area (TPSA) is 71.1 Å². The van der Waals surface area contributed by atoms with E-state index in [0.717, 1.165) is 22.6 Å². The van der Waals surface area contributed by atoms with Gasteiger partial charge in [0.05, 0.1) is 13.7 Å². The SMILES string of the molecule is COc1cccc(CNC(=O)[C@H]2C[C@@]3(CO2)CN(C(=O)N(C)C)c2ccccc23)c1. The standard InChI is InChI=1S/C23H27N3O4/c1-25(2)22(28)26-14-23(18-9-4-5-10-19(18)26)12-20(30-15-23)21(27)24-13-16-7-6-8-17(11-16)29-3/h4-11,20H,12-15H2,1-3H3,(H,24,27)/t20-,23+/m1/s1. The number of para-hydroxylation sites is 1. The fourth-order valence-electron chi connectivity index (χ4n) is 4.33. The van der Waals surface area contributed by atoms with Crippen molar-refractivity contribution in [2.75, 3.05) is 39.3 Å². The Bertz CT molecular complexity index is 961. The van der Waals surface area contributed by atoms with E-state index < -0.39 is 6.10 Å². The van der Waals surface area contributed by atoms with Gasteiger partial charge in [-0.2, -0.15) is 0 Å². The summed E-state index contributed by atoms with van der Waals surface area (Å²) in [6, 6.07) is 15.4. The Kier molecular flexibility index (Phi) is 5.39. The zero-order valence-corrected chi connectivity index (χ0v) is 17.6. The highest BCUT2D eigenvalue weighted by atomic mass is 16.5. The van der Waals surface area contributed by atoms with Crippen molar-refractivity contribution in [3.8, 4) is 5.75 Å². The molecular weight excluding hydrogens is 382 g/mol. The average molecular weight is 409 g/mol. The third kappa shape index (κ3) is 3.61. The van der Waals surface area contributed by atoms with Crippen LogP contribution in [-0.4, -0.2) is 57.3 Å². The van der Waals surface area contributed by atoms with Crippen molar-refractivity contribution in [1.29, 1.82) is 0 Å². The predicted molar refractivity (Wildman–Crippen MR) is 114 cm³/mol. The van der Waals surface area contributed by atoms with E-state index in [1.807, 2.05) is 48.5 Å². The first kappa shape index (κ1) is 20.2. The quantitative estimate of drug-likeness (QED) is 0.843. The highest BCUT2D eigenvalue weighted by Crippen LogP contribution is 2.47. The second kappa shape index (κ2) is 7.99. The van der Waals surface area contributed by atoms with Gasteiger partial charge >= 0.3 is 6.03 Å². The molecule has 7 nitrogen and oxygen atoms in total. The summed E-state index contributed by atoms with van der Waals surface area (Å²) in [5.74, 6) is 0.621. The van der Waals surface area contributed by atoms with E-state index in [9.17, 15) is 9.59 Å². The molecule has 158 valence electrons. The monoisotopic (exact) mass is 409 g/mol. The van der Waals surface area contributed by atoms with Crippen LogP contribution in [0.15, 0.2) is 48.5 Å². The van der Waals surface area contributed by atoms with Crippen molar-refractivity contribution in [1.82, 2.24) is 10.2 Å². The number of amides is 3. The third-order valence-electron chi connectivity index (χ3n) is 5.87. The Hall–Kier alpha value is -3.06. The maximum absolute atomic E-state index is 12.8. The molecule has 1 spiro atoms. The van der Waals surface area contributed by atoms with Crippen molar-refractivity contribution in [2.45, 2.75) is 24.5 Å². The summed E-state index contributed by atoms with van der Waals surface area (Å²) < 4.78 is 11.2. The molecular formula is C23H27N3O4. The largest absolute Gasteiger partial charge is 0.497 e. The fourth-order valence-corrected chi connectivity index (χ4v) is 4.33. The van der Waals surface area contributed by atoms with Crippen molar-refractivity contribution in [3.05, 3.63) is 59.7 Å². The molecule has 30 heavy (non-hydrogen) atoms. The molecule has 0 aromatic heterocycles. The third-order valence-corrected chi connectivity index (χ3v) is 5.87. The normalized spacial score (nSPS) is 22.1. The van der Waals surface area contributed by atoms with E-state index in [0.29, 0.717) is 26.1 Å². The van der Waals surface area contributed by atoms with E-state index >= 15 is 0 Å². The molecule has 2 aromatic carbocycles. The van der Waals surface area contributed by atoms with E-state index in [1.165, 1.54) is 0 Å². The van der Waals surface area contributed by atoms with Gasteiger partial charge in [0.15, 0.2) is 0 Å². The molecule has 0 bridgehead atoms. The Morgan fingerprint density at radius 1 is 1.23 bits per heavy atom. The van der Waals surface area contributed by atoms with Crippen molar-refractivity contribution in [2.24, 2.45) is 0 Å². The number of nitrogens with zero attached hydrogens (tertiary/aromatic N) is 2. The number of fused-ring (bicyclic) bond motifs is 2. The van der Waals surface area contributed by atoms with Gasteiger partial charge in [0.1, 0.15) is 11.9 Å². The van der Waals surface area contributed by atoms with Crippen molar-refractivity contribution in [3.63, 3.8) is 0 Å². The lowest BCUT2D eigenvalue weighted by molar-refractivity contribution is -0.130. The van der Waals surface area contributed by atoms with Crippen LogP contribution in [-0.2, 0) is 21.5 Å². The minimum Gasteiger partial charge on any atom is -0.497 e. The number of carbonyl (C=O) groups is 2. The van der Waals surface area contributed by atoms with Crippen molar-refractivity contribution >= 4 is 17.6 Å². The summed E-state index contributed by atoms with van der Waals surface area (Å²) in [6.45, 7) is 1.34. The van der Waals surface area contributed by atoms with Gasteiger partial charge in [-0.05, 0) is 35.7 Å². The maximum Gasteiger partial charge on any atom is 0.323 e. The first-order valence-corrected chi connectivity index (χ1v) is 10.0. The van der Waals surface area contributed by atoms with Gasteiger partial charge < -0.3 is 19.7 Å². The lowest BCUT2D eigenvalue weighted by Crippen LogP contribution is -2.43. The second-order valence-electron chi connectivity index (χ2n) is 8.13. The van der Waals surface area contributed by atoms with Gasteiger partial charge in [-0.3, -0.25) is 9.69 Å². The molecule has 2 heterocycles. The van der Waals surface area contributed by atoms with E-state index in [1.54, 1.807) is 31.0 Å². The lowest BCUT2D eigenvalue weighted by atomic mass is 9.80. The van der Waals surface area contributed by atoms with Crippen LogP contribution in [0.3, 0.4) is 0 Å². The van der Waals surface area contributed by atoms with Crippen LogP contribution < -0.4 is 15.0 Å². The molecule has 2 aliphatic heterocycles. The van der Waals surface area contributed by atoms with Crippen LogP contribution in [0.1, 0.15) is 17.5 Å². The van der Waals surface area contributed by atoms with E-state index in [4.69, 9.17) is 9.47 Å². The summed E-state index contributed by atoms with van der Waals surface area (Å²) in [7, 11) is 5.11. The predicted octanol–water partition coefficient (Wildman–Crippen LogP) is 2.54. The highest BCUT2D eigenvalue weighted by molar-refractivity contribution is 5.95. The molecule has 3 amide bonds. The van der Waals surface area contributed by atoms with Crippen LogP contribution in [0.4, 0.5) is 10.5 Å². The Morgan fingerprint density at radius 2 is 2.03 bits per heavy atom. The zero-order valence-electron chi connectivity index (χ0n) is 17.6. The summed E-state index contributed by atoms with van der Waals surface area (Å²) in [5, 5.41) is 2.97. The van der Waals surface area contributed by atoms with Crippen LogP contribution in [0, 0.1) is 0 Å². The molecule has 7 heteroatoms. The maximum atomic E-state index is 12.8. The van der Waals surface area contributed by atoms with Gasteiger partial charge in [0, 0.05) is 38.3 Å². The summed E-state index contributed by atoms with van der Waals surface area (Å²) >= 11 is 0. The van der Waals surface area contributed by atoms with Crippen LogP contribution in [0.2, 0.25) is 0 Å². The number of anilines is 1. The molecule has 1 N–H and O–H groups in total. The molecule has 2 atom stereocenters. The smallest absolute Gasteiger partial charge is 0.323 e. The molecule has 4 rings (SSSR count). The van der Waals surface area contributed by atoms with Crippen LogP contribution in [0.25, 0.3) is 0 Å². The fraction of sp³-hybridized carbons (Fsp3) is 0.391. The average Bonchev–Trinajstić information content (AvgIpc) is 3.34. The zero-order chi connectivity index (χ0) is 21.3. The number of methoxy groups -OCH3 is 1. The number of hydrogen-bond acceptors (Lipinski definition) is 4. The van der Waals surface area contributed by atoms with E-state index in [-0.39, 0.29) is 17.4 Å². The summed E-state index contributed by atoms with van der Waals surface area (Å²) in [6.07, 6.45) is 0.00334. The van der Waals surface area contributed by atoms with Gasteiger partial charge in [-0.25, -0.2) is 4.79 Å². The Balaban J connectivity index is 1.46. The molecule has 2 aliphatic rings. The summed E-state index contributed by atoms with van der Waals surface area (Å²) in [5.41, 5.74) is 2.57. The first-order valence-electron chi connectivity index (χ1n) is 10.0. The molecule has 2 aromatic rings. The molecule has 0 aliphatic carbocycles. The van der Waals surface area contributed by atoms with Gasteiger partial charge in [-0.15, -0.1) is 0 Å². The molecule has 1 fully saturated rings. The number of hydrogen-bond donors (Lipinski definition) is 1. The summed E-state index contributed by atoms with van der Waals surface area (Å²) in [4.78, 5) is 28.8. The van der Waals surface area contributed by atoms with Gasteiger partial charge in [0.25, 0.3) is 0 Å². The number of rotatable bonds is 4. The Morgan fingerprint density at radius 3 is 2.80 bits per heavy atom. The minimum absolute atomic E-state index is 0.0646.